The number of carbonyl (C=O) groups is 3. The van der Waals surface area contributed by atoms with Gasteiger partial charge in [-0.3, -0.25) is 23.7 Å². The van der Waals surface area contributed by atoms with E-state index < -0.39 is 75.4 Å². The van der Waals surface area contributed by atoms with E-state index >= 15 is 0 Å². The number of benzene rings is 3. The van der Waals surface area contributed by atoms with Gasteiger partial charge >= 0.3 is 17.2 Å². The quantitative estimate of drug-likeness (QED) is 0.198. The summed E-state index contributed by atoms with van der Waals surface area (Å²) in [4.78, 5) is 54.1. The van der Waals surface area contributed by atoms with Crippen molar-refractivity contribution in [1.82, 2.24) is 4.57 Å². The van der Waals surface area contributed by atoms with E-state index in [1.54, 1.807) is 30.3 Å². The number of para-hydroxylation sites is 1. The molecule has 3 amide bonds. The minimum atomic E-state index is -4.86. The Morgan fingerprint density at radius 1 is 0.822 bits per heavy atom. The number of thioether (sulfide) groups is 1. The fourth-order valence-corrected chi connectivity index (χ4v) is 8.31. The van der Waals surface area contributed by atoms with Crippen LogP contribution in [0.2, 0.25) is 0 Å². The van der Waals surface area contributed by atoms with Crippen molar-refractivity contribution in [3.63, 3.8) is 0 Å². The van der Waals surface area contributed by atoms with Crippen LogP contribution in [0.3, 0.4) is 0 Å². The summed E-state index contributed by atoms with van der Waals surface area (Å²) < 4.78 is 82.2. The van der Waals surface area contributed by atoms with Gasteiger partial charge in [0, 0.05) is 16.5 Å². The van der Waals surface area contributed by atoms with E-state index in [2.05, 4.69) is 5.32 Å². The van der Waals surface area contributed by atoms with E-state index in [-0.39, 0.29) is 10.7 Å². The topological polar surface area (TPSA) is 88.5 Å². The molecule has 1 saturated heterocycles. The highest BCUT2D eigenvalue weighted by molar-refractivity contribution is 8.00. The van der Waals surface area contributed by atoms with Crippen molar-refractivity contribution in [1.29, 1.82) is 0 Å². The minimum absolute atomic E-state index is 0.155. The number of anilines is 2. The van der Waals surface area contributed by atoms with Crippen molar-refractivity contribution in [3.05, 3.63) is 110 Å². The van der Waals surface area contributed by atoms with Gasteiger partial charge in [0.05, 0.1) is 27.8 Å². The van der Waals surface area contributed by atoms with Gasteiger partial charge in [-0.15, -0.1) is 0 Å². The average Bonchev–Trinajstić information content (AvgIpc) is 3.42. The number of imide groups is 1. The third-order valence-corrected chi connectivity index (χ3v) is 10.0. The Hall–Kier alpha value is -4.37. The lowest BCUT2D eigenvalue weighted by atomic mass is 9.83. The van der Waals surface area contributed by atoms with Gasteiger partial charge in [-0.1, -0.05) is 71.6 Å². The van der Waals surface area contributed by atoms with Crippen molar-refractivity contribution in [3.8, 4) is 0 Å². The first-order chi connectivity index (χ1) is 21.3. The van der Waals surface area contributed by atoms with Crippen LogP contribution in [0.1, 0.15) is 27.5 Å². The number of halogens is 6. The van der Waals surface area contributed by atoms with Gasteiger partial charge in [0.15, 0.2) is 0 Å². The second-order valence-electron chi connectivity index (χ2n) is 10.2. The van der Waals surface area contributed by atoms with E-state index in [0.29, 0.717) is 15.3 Å². The highest BCUT2D eigenvalue weighted by atomic mass is 32.2. The van der Waals surface area contributed by atoms with Crippen molar-refractivity contribution in [2.45, 2.75) is 35.1 Å². The van der Waals surface area contributed by atoms with E-state index in [0.717, 1.165) is 64.1 Å². The molecule has 2 aliphatic heterocycles. The highest BCUT2D eigenvalue weighted by Gasteiger charge is 2.57. The molecule has 7 nitrogen and oxygen atoms in total. The van der Waals surface area contributed by atoms with Crippen molar-refractivity contribution >= 4 is 52.2 Å². The number of hydrogen-bond donors (Lipinski definition) is 1. The largest absolute Gasteiger partial charge is 0.418 e. The van der Waals surface area contributed by atoms with Crippen molar-refractivity contribution in [2.75, 3.05) is 10.2 Å². The third-order valence-electron chi connectivity index (χ3n) is 7.43. The summed E-state index contributed by atoms with van der Waals surface area (Å²) in [5.41, 5.74) is -2.38. The summed E-state index contributed by atoms with van der Waals surface area (Å²) in [5.74, 6) is -4.66. The molecule has 3 aromatic carbocycles. The van der Waals surface area contributed by atoms with Crippen LogP contribution in [0.4, 0.5) is 37.7 Å². The maximum Gasteiger partial charge on any atom is 0.418 e. The molecular formula is C30H19F6N3O4S2. The summed E-state index contributed by atoms with van der Waals surface area (Å²) in [6.07, 6.45) is -9.51. The molecule has 15 heteroatoms. The maximum absolute atomic E-state index is 13.9. The molecule has 1 aromatic heterocycles. The Labute approximate surface area is 258 Å². The number of fused-ring (bicyclic) bond motifs is 2. The zero-order chi connectivity index (χ0) is 32.3. The Bertz CT molecular complexity index is 1890. The Morgan fingerprint density at radius 2 is 1.51 bits per heavy atom. The molecule has 1 fully saturated rings. The SMILES string of the molecule is O=C(Cn1c2c(sc1=O)C(c1ccccc1)C1C(=O)N(c3ccccc3C(F)(F)F)C(=O)C1S2)Nc1cccc(C(F)(F)F)c1. The van der Waals surface area contributed by atoms with Gasteiger partial charge in [-0.2, -0.15) is 26.3 Å². The van der Waals surface area contributed by atoms with Crippen molar-refractivity contribution in [2.24, 2.45) is 5.92 Å². The second-order valence-corrected chi connectivity index (χ2v) is 12.4. The molecule has 3 heterocycles. The molecule has 2 aliphatic rings. The molecule has 0 aliphatic carbocycles. The molecule has 232 valence electrons. The molecule has 1 N–H and O–H groups in total. The standard InChI is InChI=1S/C30H19F6N3O4S2/c31-29(32,33)16-9-6-10-17(13-16)37-20(40)14-38-27-24(45-28(38)43)21(15-7-2-1-3-8-15)22-23(44-27)26(42)39(25(22)41)19-12-5-4-11-18(19)30(34,35)36/h1-13,21-23H,14H2,(H,37,40). The molecular weight excluding hydrogens is 644 g/mol. The molecule has 3 unspecified atom stereocenters. The summed E-state index contributed by atoms with van der Waals surface area (Å²) in [5, 5.41) is 1.28. The predicted octanol–water partition coefficient (Wildman–Crippen LogP) is 6.38. The summed E-state index contributed by atoms with van der Waals surface area (Å²) in [6, 6.07) is 16.6. The van der Waals surface area contributed by atoms with E-state index in [9.17, 15) is 45.5 Å². The number of carbonyl (C=O) groups excluding carboxylic acids is 3. The van der Waals surface area contributed by atoms with Crippen LogP contribution in [0.25, 0.3) is 0 Å². The smallest absolute Gasteiger partial charge is 0.325 e. The average molecular weight is 664 g/mol. The lowest BCUT2D eigenvalue weighted by molar-refractivity contribution is -0.138. The molecule has 3 atom stereocenters. The van der Waals surface area contributed by atoms with Crippen LogP contribution >= 0.6 is 23.1 Å². The number of alkyl halides is 6. The summed E-state index contributed by atoms with van der Waals surface area (Å²) in [7, 11) is 0. The van der Waals surface area contributed by atoms with Gasteiger partial charge in [-0.25, -0.2) is 4.90 Å². The molecule has 0 saturated carbocycles. The highest BCUT2D eigenvalue weighted by Crippen LogP contribution is 2.54. The van der Waals surface area contributed by atoms with Crippen LogP contribution in [-0.4, -0.2) is 27.5 Å². The predicted molar refractivity (Wildman–Crippen MR) is 154 cm³/mol. The van der Waals surface area contributed by atoms with Crippen LogP contribution in [0.5, 0.6) is 0 Å². The number of hydrogen-bond acceptors (Lipinski definition) is 6. The van der Waals surface area contributed by atoms with Gasteiger partial charge in [0.2, 0.25) is 17.7 Å². The van der Waals surface area contributed by atoms with Crippen molar-refractivity contribution < 1.29 is 40.7 Å². The molecule has 4 aromatic rings. The first-order valence-corrected chi connectivity index (χ1v) is 14.9. The van der Waals surface area contributed by atoms with Crippen LogP contribution in [0.15, 0.2) is 88.7 Å². The normalized spacial score (nSPS) is 19.8. The number of thiazole rings is 1. The summed E-state index contributed by atoms with van der Waals surface area (Å²) in [6.45, 7) is -0.629. The second kappa shape index (κ2) is 11.2. The molecule has 0 spiro atoms. The molecule has 45 heavy (non-hydrogen) atoms. The van der Waals surface area contributed by atoms with E-state index in [1.165, 1.54) is 12.1 Å². The Morgan fingerprint density at radius 3 is 2.20 bits per heavy atom. The molecule has 6 rings (SSSR count). The number of amides is 3. The van der Waals surface area contributed by atoms with Crippen LogP contribution < -0.4 is 15.1 Å². The number of aromatic nitrogens is 1. The lowest BCUT2D eigenvalue weighted by Crippen LogP contribution is -2.33. The number of nitrogens with one attached hydrogen (secondary N) is 1. The Kier molecular flexibility index (Phi) is 7.64. The van der Waals surface area contributed by atoms with Gasteiger partial charge < -0.3 is 5.32 Å². The first-order valence-electron chi connectivity index (χ1n) is 13.2. The lowest BCUT2D eigenvalue weighted by Gasteiger charge is -2.30. The van der Waals surface area contributed by atoms with Crippen LogP contribution in [0, 0.1) is 5.92 Å². The van der Waals surface area contributed by atoms with Gasteiger partial charge in [-0.05, 0) is 35.9 Å². The third kappa shape index (κ3) is 5.54. The van der Waals surface area contributed by atoms with E-state index in [4.69, 9.17) is 0 Å². The summed E-state index contributed by atoms with van der Waals surface area (Å²) >= 11 is 1.53. The minimum Gasteiger partial charge on any atom is -0.325 e. The zero-order valence-electron chi connectivity index (χ0n) is 22.6. The van der Waals surface area contributed by atoms with Crippen LogP contribution in [-0.2, 0) is 33.3 Å². The van der Waals surface area contributed by atoms with Gasteiger partial charge in [0.25, 0.3) is 0 Å². The fraction of sp³-hybridized carbons (Fsp3) is 0.200. The molecule has 0 radical (unpaired) electrons. The zero-order valence-corrected chi connectivity index (χ0v) is 24.2. The van der Waals surface area contributed by atoms with E-state index in [1.807, 2.05) is 0 Å². The molecule has 0 bridgehead atoms. The monoisotopic (exact) mass is 663 g/mol. The number of nitrogens with zero attached hydrogens (tertiary/aromatic N) is 2. The van der Waals surface area contributed by atoms with Gasteiger partial charge in [0.1, 0.15) is 11.8 Å². The Balaban J connectivity index is 1.39. The maximum atomic E-state index is 13.9. The first kappa shape index (κ1) is 30.6. The number of rotatable bonds is 5. The fourth-order valence-electron chi connectivity index (χ4n) is 5.54.